The summed E-state index contributed by atoms with van der Waals surface area (Å²) in [6, 6.07) is 16.1. The average molecular weight is 487 g/mol. The predicted molar refractivity (Wildman–Crippen MR) is 127 cm³/mol. The summed E-state index contributed by atoms with van der Waals surface area (Å²) in [5.41, 5.74) is 1.42. The van der Waals surface area contributed by atoms with Gasteiger partial charge in [-0.1, -0.05) is 29.8 Å². The third kappa shape index (κ3) is 6.01. The molecule has 1 fully saturated rings. The van der Waals surface area contributed by atoms with Crippen molar-refractivity contribution in [2.75, 3.05) is 35.9 Å². The fraction of sp³-hybridized carbons (Fsp3) is 0.217. The van der Waals surface area contributed by atoms with Gasteiger partial charge in [0.2, 0.25) is 0 Å². The van der Waals surface area contributed by atoms with E-state index in [0.717, 1.165) is 24.5 Å². The molecule has 0 aliphatic carbocycles. The van der Waals surface area contributed by atoms with Crippen molar-refractivity contribution in [1.29, 1.82) is 0 Å². The molecule has 1 saturated heterocycles. The Morgan fingerprint density at radius 1 is 1.06 bits per heavy atom. The average Bonchev–Trinajstić information content (AvgIpc) is 2.83. The number of morpholine rings is 1. The normalized spacial score (nSPS) is 14.0. The second-order valence-electron chi connectivity index (χ2n) is 7.45. The van der Waals surface area contributed by atoms with Crippen molar-refractivity contribution in [3.8, 4) is 0 Å². The number of aromatic nitrogens is 1. The fourth-order valence-corrected chi connectivity index (χ4v) is 4.64. The maximum Gasteiger partial charge on any atom is 0.261 e. The van der Waals surface area contributed by atoms with E-state index in [1.165, 1.54) is 24.3 Å². The van der Waals surface area contributed by atoms with Crippen LogP contribution in [0.5, 0.6) is 0 Å². The van der Waals surface area contributed by atoms with Crippen LogP contribution in [-0.4, -0.2) is 45.6 Å². The number of hydrogen-bond acceptors (Lipinski definition) is 6. The largest absolute Gasteiger partial charge is 0.378 e. The van der Waals surface area contributed by atoms with Crippen molar-refractivity contribution < 1.29 is 17.9 Å². The minimum absolute atomic E-state index is 0.0216. The highest BCUT2D eigenvalue weighted by Gasteiger charge is 2.17. The van der Waals surface area contributed by atoms with Gasteiger partial charge in [0.05, 0.1) is 23.8 Å². The van der Waals surface area contributed by atoms with E-state index in [2.05, 4.69) is 19.9 Å². The van der Waals surface area contributed by atoms with Crippen LogP contribution < -0.4 is 14.9 Å². The van der Waals surface area contributed by atoms with Crippen molar-refractivity contribution in [2.24, 2.45) is 0 Å². The van der Waals surface area contributed by atoms with Gasteiger partial charge < -0.3 is 15.0 Å². The molecule has 2 heterocycles. The number of benzene rings is 2. The van der Waals surface area contributed by atoms with E-state index in [-0.39, 0.29) is 22.9 Å². The monoisotopic (exact) mass is 486 g/mol. The van der Waals surface area contributed by atoms with Gasteiger partial charge in [0.1, 0.15) is 5.82 Å². The summed E-state index contributed by atoms with van der Waals surface area (Å²) in [6.45, 7) is 3.24. The molecule has 0 unspecified atom stereocenters. The van der Waals surface area contributed by atoms with Crippen molar-refractivity contribution in [3.05, 3.63) is 83.0 Å². The highest BCUT2D eigenvalue weighted by molar-refractivity contribution is 7.92. The molecule has 10 heteroatoms. The van der Waals surface area contributed by atoms with E-state index in [9.17, 15) is 13.2 Å². The Bertz CT molecular complexity index is 1230. The van der Waals surface area contributed by atoms with E-state index >= 15 is 0 Å². The first-order chi connectivity index (χ1) is 15.9. The van der Waals surface area contributed by atoms with Crippen LogP contribution in [0.1, 0.15) is 15.9 Å². The maximum absolute atomic E-state index is 12.7. The lowest BCUT2D eigenvalue weighted by atomic mass is 10.2. The summed E-state index contributed by atoms with van der Waals surface area (Å²) < 4.78 is 33.3. The molecule has 2 N–H and O–H groups in total. The minimum atomic E-state index is -3.88. The standard InChI is InChI=1S/C23H23ClN4O4S/c24-19-4-2-5-20(14-19)27-33(30,31)21-6-1-3-18(13-21)23(29)26-16-17-7-8-22(25-15-17)28-9-11-32-12-10-28/h1-8,13-15,27H,9-12,16H2,(H,26,29). The fourth-order valence-electron chi connectivity index (χ4n) is 3.36. The van der Waals surface area contributed by atoms with Crippen LogP contribution >= 0.6 is 11.6 Å². The number of carbonyl (C=O) groups excluding carboxylic acids is 1. The van der Waals surface area contributed by atoms with Crippen molar-refractivity contribution in [1.82, 2.24) is 10.3 Å². The molecule has 1 aliphatic heterocycles. The summed E-state index contributed by atoms with van der Waals surface area (Å²) >= 11 is 5.92. The molecule has 172 valence electrons. The highest BCUT2D eigenvalue weighted by Crippen LogP contribution is 2.20. The Morgan fingerprint density at radius 2 is 1.85 bits per heavy atom. The van der Waals surface area contributed by atoms with Crippen LogP contribution in [0.15, 0.2) is 71.8 Å². The second-order valence-corrected chi connectivity index (χ2v) is 9.57. The molecular formula is C23H23ClN4O4S. The van der Waals surface area contributed by atoms with Gasteiger partial charge in [-0.25, -0.2) is 13.4 Å². The summed E-state index contributed by atoms with van der Waals surface area (Å²) in [5.74, 6) is 0.491. The molecule has 33 heavy (non-hydrogen) atoms. The molecule has 8 nitrogen and oxygen atoms in total. The van der Waals surface area contributed by atoms with Gasteiger partial charge in [-0.15, -0.1) is 0 Å². The zero-order chi connectivity index (χ0) is 23.3. The van der Waals surface area contributed by atoms with Crippen molar-refractivity contribution in [3.63, 3.8) is 0 Å². The van der Waals surface area contributed by atoms with Gasteiger partial charge in [-0.2, -0.15) is 0 Å². The Labute approximate surface area is 197 Å². The van der Waals surface area contributed by atoms with Crippen molar-refractivity contribution in [2.45, 2.75) is 11.4 Å². The first kappa shape index (κ1) is 23.0. The Balaban J connectivity index is 1.39. The first-order valence-electron chi connectivity index (χ1n) is 10.3. The summed E-state index contributed by atoms with van der Waals surface area (Å²) in [4.78, 5) is 19.2. The number of carbonyl (C=O) groups is 1. The van der Waals surface area contributed by atoms with E-state index in [1.54, 1.807) is 30.5 Å². The first-order valence-corrected chi connectivity index (χ1v) is 12.2. The number of pyridine rings is 1. The van der Waals surface area contributed by atoms with Crippen LogP contribution in [0.4, 0.5) is 11.5 Å². The van der Waals surface area contributed by atoms with Crippen LogP contribution in [0, 0.1) is 0 Å². The van der Waals surface area contributed by atoms with Gasteiger partial charge >= 0.3 is 0 Å². The Morgan fingerprint density at radius 3 is 2.58 bits per heavy atom. The zero-order valence-corrected chi connectivity index (χ0v) is 19.3. The van der Waals surface area contributed by atoms with E-state index in [1.807, 2.05) is 12.1 Å². The smallest absolute Gasteiger partial charge is 0.261 e. The third-order valence-corrected chi connectivity index (χ3v) is 6.69. The van der Waals surface area contributed by atoms with Gasteiger partial charge in [0.15, 0.2) is 0 Å². The predicted octanol–water partition coefficient (Wildman–Crippen LogP) is 3.30. The lowest BCUT2D eigenvalue weighted by Gasteiger charge is -2.27. The molecule has 0 atom stereocenters. The summed E-state index contributed by atoms with van der Waals surface area (Å²) in [6.07, 6.45) is 1.72. The summed E-state index contributed by atoms with van der Waals surface area (Å²) in [7, 11) is -3.88. The summed E-state index contributed by atoms with van der Waals surface area (Å²) in [5, 5.41) is 3.22. The number of sulfonamides is 1. The minimum Gasteiger partial charge on any atom is -0.378 e. The van der Waals surface area contributed by atoms with Gasteiger partial charge in [0.25, 0.3) is 15.9 Å². The molecule has 3 aromatic rings. The molecular weight excluding hydrogens is 464 g/mol. The van der Waals surface area contributed by atoms with Crippen LogP contribution in [0.25, 0.3) is 0 Å². The second kappa shape index (κ2) is 10.2. The molecule has 1 aromatic heterocycles. The lowest BCUT2D eigenvalue weighted by Crippen LogP contribution is -2.36. The number of nitrogens with zero attached hydrogens (tertiary/aromatic N) is 2. The molecule has 0 bridgehead atoms. The molecule has 0 saturated carbocycles. The number of amides is 1. The maximum atomic E-state index is 12.7. The quantitative estimate of drug-likeness (QED) is 0.531. The zero-order valence-electron chi connectivity index (χ0n) is 17.7. The number of hydrogen-bond donors (Lipinski definition) is 2. The van der Waals surface area contributed by atoms with Crippen LogP contribution in [-0.2, 0) is 21.3 Å². The van der Waals surface area contributed by atoms with Crippen molar-refractivity contribution >= 4 is 39.0 Å². The third-order valence-electron chi connectivity index (χ3n) is 5.08. The van der Waals surface area contributed by atoms with Crippen LogP contribution in [0.2, 0.25) is 5.02 Å². The molecule has 0 spiro atoms. The number of ether oxygens (including phenoxy) is 1. The Hall–Kier alpha value is -3.14. The molecule has 4 rings (SSSR count). The number of nitrogens with one attached hydrogen (secondary N) is 2. The highest BCUT2D eigenvalue weighted by atomic mass is 35.5. The lowest BCUT2D eigenvalue weighted by molar-refractivity contribution is 0.0950. The van der Waals surface area contributed by atoms with Crippen LogP contribution in [0.3, 0.4) is 0 Å². The van der Waals surface area contributed by atoms with Gasteiger partial charge in [-0.05, 0) is 48.0 Å². The molecule has 2 aromatic carbocycles. The number of anilines is 2. The molecule has 0 radical (unpaired) electrons. The van der Waals surface area contributed by atoms with E-state index in [0.29, 0.717) is 23.9 Å². The van der Waals surface area contributed by atoms with Gasteiger partial charge in [-0.3, -0.25) is 9.52 Å². The molecule has 1 amide bonds. The number of halogens is 1. The van der Waals surface area contributed by atoms with Gasteiger partial charge in [0, 0.05) is 36.4 Å². The van der Waals surface area contributed by atoms with E-state index < -0.39 is 10.0 Å². The topological polar surface area (TPSA) is 101 Å². The Kier molecular flexibility index (Phi) is 7.12. The molecule has 1 aliphatic rings. The number of rotatable bonds is 7. The van der Waals surface area contributed by atoms with E-state index in [4.69, 9.17) is 16.3 Å². The SMILES string of the molecule is O=C(NCc1ccc(N2CCOCC2)nc1)c1cccc(S(=O)(=O)Nc2cccc(Cl)c2)c1.